The first-order valence-electron chi connectivity index (χ1n) is 4.49. The van der Waals surface area contributed by atoms with E-state index < -0.39 is 0 Å². The number of hydrogen-bond donors (Lipinski definition) is 1. The molecule has 1 heterocycles. The van der Waals surface area contributed by atoms with E-state index in [1.807, 2.05) is 30.3 Å². The van der Waals surface area contributed by atoms with E-state index in [9.17, 15) is 0 Å². The Kier molecular flexibility index (Phi) is 3.84. The minimum atomic E-state index is 0.716. The van der Waals surface area contributed by atoms with Crippen LogP contribution in [0.25, 0.3) is 0 Å². The predicted molar refractivity (Wildman–Crippen MR) is 74.4 cm³/mol. The lowest BCUT2D eigenvalue weighted by atomic mass is 10.3. The van der Waals surface area contributed by atoms with Crippen LogP contribution in [0.4, 0.5) is 11.5 Å². The first-order chi connectivity index (χ1) is 7.65. The smallest absolute Gasteiger partial charge is 0.144 e. The van der Waals surface area contributed by atoms with Gasteiger partial charge in [-0.05, 0) is 62.2 Å². The van der Waals surface area contributed by atoms with E-state index in [1.165, 1.54) is 0 Å². The summed E-state index contributed by atoms with van der Waals surface area (Å²) in [5.41, 5.74) is 0.944. The molecule has 82 valence electrons. The lowest BCUT2D eigenvalue weighted by Crippen LogP contribution is -1.94. The number of hydrogen-bond acceptors (Lipinski definition) is 2. The van der Waals surface area contributed by atoms with Crippen LogP contribution in [0.5, 0.6) is 0 Å². The van der Waals surface area contributed by atoms with E-state index in [-0.39, 0.29) is 0 Å². The molecule has 0 bridgehead atoms. The van der Waals surface area contributed by atoms with Gasteiger partial charge in [-0.2, -0.15) is 0 Å². The zero-order valence-electron chi connectivity index (χ0n) is 8.05. The molecule has 1 aromatic heterocycles. The Balaban J connectivity index is 2.23. The van der Waals surface area contributed by atoms with Crippen molar-refractivity contribution in [3.05, 3.63) is 50.5 Å². The molecule has 2 aromatic rings. The Labute approximate surface area is 115 Å². The van der Waals surface area contributed by atoms with Gasteiger partial charge in [0.05, 0.1) is 4.47 Å². The van der Waals surface area contributed by atoms with Crippen molar-refractivity contribution < 1.29 is 0 Å². The van der Waals surface area contributed by atoms with Crippen LogP contribution in [-0.2, 0) is 0 Å². The average molecular weight is 362 g/mol. The fourth-order valence-electron chi connectivity index (χ4n) is 1.18. The van der Waals surface area contributed by atoms with Gasteiger partial charge in [0, 0.05) is 21.4 Å². The van der Waals surface area contributed by atoms with Gasteiger partial charge in [0.15, 0.2) is 0 Å². The van der Waals surface area contributed by atoms with Crippen molar-refractivity contribution in [1.82, 2.24) is 4.98 Å². The lowest BCUT2D eigenvalue weighted by Gasteiger charge is -2.07. The fourth-order valence-corrected chi connectivity index (χ4v) is 2.39. The Morgan fingerprint density at radius 3 is 2.44 bits per heavy atom. The number of rotatable bonds is 2. The lowest BCUT2D eigenvalue weighted by molar-refractivity contribution is 1.27. The zero-order chi connectivity index (χ0) is 11.5. The highest BCUT2D eigenvalue weighted by Gasteiger charge is 2.02. The fraction of sp³-hybridized carbons (Fsp3) is 0. The largest absolute Gasteiger partial charge is 0.339 e. The van der Waals surface area contributed by atoms with Crippen molar-refractivity contribution in [3.8, 4) is 0 Å². The topological polar surface area (TPSA) is 24.9 Å². The Morgan fingerprint density at radius 1 is 1.12 bits per heavy atom. The maximum atomic E-state index is 5.81. The summed E-state index contributed by atoms with van der Waals surface area (Å²) in [5.74, 6) is 0.769. The summed E-state index contributed by atoms with van der Waals surface area (Å²) in [6, 6.07) is 9.40. The minimum Gasteiger partial charge on any atom is -0.339 e. The van der Waals surface area contributed by atoms with E-state index in [0.29, 0.717) is 5.02 Å². The van der Waals surface area contributed by atoms with Crippen LogP contribution in [0.2, 0.25) is 5.02 Å². The molecule has 0 atom stereocenters. The minimum absolute atomic E-state index is 0.716. The molecule has 0 aliphatic heterocycles. The molecule has 0 saturated heterocycles. The van der Waals surface area contributed by atoms with Crippen molar-refractivity contribution in [2.45, 2.75) is 0 Å². The summed E-state index contributed by atoms with van der Waals surface area (Å²) in [6.45, 7) is 0. The number of aromatic nitrogens is 1. The van der Waals surface area contributed by atoms with Gasteiger partial charge in [0.2, 0.25) is 0 Å². The van der Waals surface area contributed by atoms with Crippen LogP contribution in [0.1, 0.15) is 0 Å². The van der Waals surface area contributed by atoms with Gasteiger partial charge in [-0.25, -0.2) is 4.98 Å². The third-order valence-electron chi connectivity index (χ3n) is 1.91. The van der Waals surface area contributed by atoms with Gasteiger partial charge in [0.25, 0.3) is 0 Å². The molecular formula is C11H7Br2ClN2. The number of halogens is 3. The number of nitrogens with one attached hydrogen (secondary N) is 1. The maximum Gasteiger partial charge on any atom is 0.144 e. The molecule has 0 fully saturated rings. The van der Waals surface area contributed by atoms with Crippen molar-refractivity contribution >= 4 is 55.0 Å². The van der Waals surface area contributed by atoms with E-state index in [4.69, 9.17) is 11.6 Å². The van der Waals surface area contributed by atoms with Crippen molar-refractivity contribution in [3.63, 3.8) is 0 Å². The van der Waals surface area contributed by atoms with E-state index >= 15 is 0 Å². The summed E-state index contributed by atoms with van der Waals surface area (Å²) in [6.07, 6.45) is 1.74. The molecule has 0 radical (unpaired) electrons. The summed E-state index contributed by atoms with van der Waals surface area (Å²) < 4.78 is 1.83. The van der Waals surface area contributed by atoms with Crippen LogP contribution in [-0.4, -0.2) is 4.98 Å². The maximum absolute atomic E-state index is 5.81. The van der Waals surface area contributed by atoms with Crippen molar-refractivity contribution in [1.29, 1.82) is 0 Å². The van der Waals surface area contributed by atoms with Crippen LogP contribution >= 0.6 is 43.5 Å². The molecular weight excluding hydrogens is 355 g/mol. The predicted octanol–water partition coefficient (Wildman–Crippen LogP) is 5.00. The van der Waals surface area contributed by atoms with Gasteiger partial charge >= 0.3 is 0 Å². The number of anilines is 2. The normalized spacial score (nSPS) is 10.2. The summed E-state index contributed by atoms with van der Waals surface area (Å²) in [4.78, 5) is 4.26. The quantitative estimate of drug-likeness (QED) is 0.813. The molecule has 2 nitrogen and oxygen atoms in total. The molecule has 0 spiro atoms. The second-order valence-corrected chi connectivity index (χ2v) is 5.32. The number of nitrogens with zero attached hydrogens (tertiary/aromatic N) is 1. The molecule has 1 aromatic carbocycles. The van der Waals surface area contributed by atoms with E-state index in [2.05, 4.69) is 42.2 Å². The van der Waals surface area contributed by atoms with Gasteiger partial charge < -0.3 is 5.32 Å². The molecule has 0 unspecified atom stereocenters. The third kappa shape index (κ3) is 2.97. The zero-order valence-corrected chi connectivity index (χ0v) is 12.0. The first kappa shape index (κ1) is 11.9. The number of benzene rings is 1. The van der Waals surface area contributed by atoms with Gasteiger partial charge in [-0.1, -0.05) is 11.6 Å². The summed E-state index contributed by atoms with van der Waals surface area (Å²) >= 11 is 12.6. The molecule has 0 aliphatic rings. The molecule has 0 saturated carbocycles. The van der Waals surface area contributed by atoms with Gasteiger partial charge in [-0.3, -0.25) is 0 Å². The van der Waals surface area contributed by atoms with Crippen LogP contribution < -0.4 is 5.32 Å². The third-order valence-corrected chi connectivity index (χ3v) is 3.20. The van der Waals surface area contributed by atoms with Crippen molar-refractivity contribution in [2.24, 2.45) is 0 Å². The van der Waals surface area contributed by atoms with E-state index in [0.717, 1.165) is 20.5 Å². The highest BCUT2D eigenvalue weighted by molar-refractivity contribution is 9.11. The Hall–Kier alpha value is -0.580. The summed E-state index contributed by atoms with van der Waals surface area (Å²) in [7, 11) is 0. The summed E-state index contributed by atoms with van der Waals surface area (Å²) in [5, 5.41) is 3.91. The Bertz CT molecular complexity index is 500. The van der Waals surface area contributed by atoms with Crippen molar-refractivity contribution in [2.75, 3.05) is 5.32 Å². The second-order valence-electron chi connectivity index (χ2n) is 3.12. The molecule has 0 amide bonds. The van der Waals surface area contributed by atoms with Crippen LogP contribution in [0.3, 0.4) is 0 Å². The van der Waals surface area contributed by atoms with E-state index in [1.54, 1.807) is 6.20 Å². The molecule has 1 N–H and O–H groups in total. The molecule has 0 aliphatic carbocycles. The van der Waals surface area contributed by atoms with Gasteiger partial charge in [0.1, 0.15) is 5.82 Å². The Morgan fingerprint density at radius 2 is 1.81 bits per heavy atom. The SMILES string of the molecule is Clc1ccc(Nc2ncc(Br)cc2Br)cc1. The molecule has 2 rings (SSSR count). The van der Waals surface area contributed by atoms with Crippen LogP contribution in [0, 0.1) is 0 Å². The second kappa shape index (κ2) is 5.17. The average Bonchev–Trinajstić information content (AvgIpc) is 2.25. The number of pyridine rings is 1. The van der Waals surface area contributed by atoms with Gasteiger partial charge in [-0.15, -0.1) is 0 Å². The van der Waals surface area contributed by atoms with Crippen LogP contribution in [0.15, 0.2) is 45.5 Å². The first-order valence-corrected chi connectivity index (χ1v) is 6.45. The molecule has 16 heavy (non-hydrogen) atoms. The highest BCUT2D eigenvalue weighted by atomic mass is 79.9. The highest BCUT2D eigenvalue weighted by Crippen LogP contribution is 2.26. The standard InChI is InChI=1S/C11H7Br2ClN2/c12-7-5-10(13)11(15-6-7)16-9-3-1-8(14)2-4-9/h1-6H,(H,15,16). The monoisotopic (exact) mass is 360 g/mol. The molecule has 5 heteroatoms.